The number of methoxy groups -OCH3 is 1. The van der Waals surface area contributed by atoms with Crippen molar-refractivity contribution >= 4 is 12.0 Å². The van der Waals surface area contributed by atoms with Gasteiger partial charge < -0.3 is 24.8 Å². The number of esters is 1. The number of carbonyl (C=O) groups is 2. The van der Waals surface area contributed by atoms with Gasteiger partial charge in [0.25, 0.3) is 0 Å². The van der Waals surface area contributed by atoms with Gasteiger partial charge >= 0.3 is 12.0 Å². The third-order valence-electron chi connectivity index (χ3n) is 5.28. The minimum absolute atomic E-state index is 0.0798. The van der Waals surface area contributed by atoms with E-state index < -0.39 is 12.0 Å². The summed E-state index contributed by atoms with van der Waals surface area (Å²) in [4.78, 5) is 25.5. The van der Waals surface area contributed by atoms with Crippen LogP contribution in [0, 0.1) is 12.8 Å². The minimum atomic E-state index is -0.685. The molecule has 3 rings (SSSR count). The number of hydrogen-bond acceptors (Lipinski definition) is 5. The largest absolute Gasteiger partial charge is 0.493 e. The number of urea groups is 1. The molecule has 2 N–H and O–H groups in total. The molecule has 0 radical (unpaired) electrons. The fraction of sp³-hybridized carbons (Fsp3) is 0.385. The first kappa shape index (κ1) is 24.2. The molecular formula is C26H32N2O5. The van der Waals surface area contributed by atoms with Crippen LogP contribution in [0.25, 0.3) is 0 Å². The van der Waals surface area contributed by atoms with Crippen LogP contribution in [0.15, 0.2) is 53.7 Å². The molecule has 0 fully saturated rings. The normalized spacial score (nSPS) is 15.9. The standard InChI is InChI=1S/C26H32N2O5/c1-15(2)23-22(25(29)33-16(3)4)24(28-26(30)27-23)19-11-12-20(31-6)21(13-19)32-14-18-9-7-17(5)8-10-18/h7-13,15-16,24H,14H2,1-6H3,(H2,27,28,30). The first-order valence-electron chi connectivity index (χ1n) is 11.1. The van der Waals surface area contributed by atoms with Crippen molar-refractivity contribution in [3.63, 3.8) is 0 Å². The number of carbonyl (C=O) groups excluding carboxylic acids is 2. The van der Waals surface area contributed by atoms with Crippen LogP contribution in [0.4, 0.5) is 4.79 Å². The first-order valence-corrected chi connectivity index (χ1v) is 11.1. The molecule has 0 bridgehead atoms. The number of amides is 2. The summed E-state index contributed by atoms with van der Waals surface area (Å²) < 4.78 is 17.0. The number of benzene rings is 2. The predicted molar refractivity (Wildman–Crippen MR) is 126 cm³/mol. The van der Waals surface area contributed by atoms with Crippen LogP contribution in [-0.4, -0.2) is 25.2 Å². The van der Waals surface area contributed by atoms with Gasteiger partial charge in [0.15, 0.2) is 11.5 Å². The molecule has 1 aliphatic heterocycles. The van der Waals surface area contributed by atoms with Crippen molar-refractivity contribution in [2.24, 2.45) is 5.92 Å². The summed E-state index contributed by atoms with van der Waals surface area (Å²) in [5.41, 5.74) is 3.82. The second-order valence-electron chi connectivity index (χ2n) is 8.65. The van der Waals surface area contributed by atoms with Crippen molar-refractivity contribution in [3.8, 4) is 11.5 Å². The monoisotopic (exact) mass is 452 g/mol. The summed E-state index contributed by atoms with van der Waals surface area (Å²) in [7, 11) is 1.57. The average molecular weight is 453 g/mol. The van der Waals surface area contributed by atoms with Gasteiger partial charge in [-0.1, -0.05) is 49.7 Å². The average Bonchev–Trinajstić information content (AvgIpc) is 2.77. The molecule has 0 spiro atoms. The van der Waals surface area contributed by atoms with E-state index in [1.807, 2.05) is 51.1 Å². The van der Waals surface area contributed by atoms with E-state index in [4.69, 9.17) is 14.2 Å². The molecule has 1 heterocycles. The molecule has 1 aliphatic rings. The summed E-state index contributed by atoms with van der Waals surface area (Å²) in [6.45, 7) is 9.82. The van der Waals surface area contributed by atoms with Gasteiger partial charge in [-0.2, -0.15) is 0 Å². The second kappa shape index (κ2) is 10.4. The van der Waals surface area contributed by atoms with Gasteiger partial charge in [-0.25, -0.2) is 9.59 Å². The van der Waals surface area contributed by atoms with E-state index in [0.717, 1.165) is 5.56 Å². The van der Waals surface area contributed by atoms with Crippen LogP contribution in [0.3, 0.4) is 0 Å². The van der Waals surface area contributed by atoms with E-state index >= 15 is 0 Å². The van der Waals surface area contributed by atoms with Crippen molar-refractivity contribution in [2.75, 3.05) is 7.11 Å². The molecule has 33 heavy (non-hydrogen) atoms. The highest BCUT2D eigenvalue weighted by Gasteiger charge is 2.35. The summed E-state index contributed by atoms with van der Waals surface area (Å²) >= 11 is 0. The summed E-state index contributed by atoms with van der Waals surface area (Å²) in [5.74, 6) is 0.532. The zero-order chi connectivity index (χ0) is 24.1. The smallest absolute Gasteiger partial charge is 0.338 e. The Morgan fingerprint density at radius 1 is 1.03 bits per heavy atom. The van der Waals surface area contributed by atoms with Crippen LogP contribution in [0.5, 0.6) is 11.5 Å². The Morgan fingerprint density at radius 3 is 2.33 bits per heavy atom. The maximum absolute atomic E-state index is 13.0. The SMILES string of the molecule is COc1ccc(C2NC(=O)NC(C(C)C)=C2C(=O)OC(C)C)cc1OCc1ccc(C)cc1. The van der Waals surface area contributed by atoms with Crippen LogP contribution in [-0.2, 0) is 16.1 Å². The molecule has 0 aliphatic carbocycles. The van der Waals surface area contributed by atoms with Gasteiger partial charge in [-0.15, -0.1) is 0 Å². The maximum atomic E-state index is 13.0. The molecule has 1 atom stereocenters. The van der Waals surface area contributed by atoms with Crippen molar-refractivity contribution < 1.29 is 23.8 Å². The van der Waals surface area contributed by atoms with Crippen molar-refractivity contribution in [1.82, 2.24) is 10.6 Å². The van der Waals surface area contributed by atoms with Gasteiger partial charge in [-0.05, 0) is 49.9 Å². The van der Waals surface area contributed by atoms with E-state index in [-0.39, 0.29) is 18.1 Å². The van der Waals surface area contributed by atoms with Crippen molar-refractivity contribution in [1.29, 1.82) is 0 Å². The molecule has 7 heteroatoms. The zero-order valence-electron chi connectivity index (χ0n) is 20.0. The van der Waals surface area contributed by atoms with Crippen molar-refractivity contribution in [2.45, 2.75) is 53.4 Å². The molecule has 1 unspecified atom stereocenters. The van der Waals surface area contributed by atoms with Crippen LogP contribution < -0.4 is 20.1 Å². The maximum Gasteiger partial charge on any atom is 0.338 e. The number of aryl methyl sites for hydroxylation is 1. The second-order valence-corrected chi connectivity index (χ2v) is 8.65. The molecule has 2 amide bonds. The summed E-state index contributed by atoms with van der Waals surface area (Å²) in [6, 6.07) is 12.4. The molecular weight excluding hydrogens is 420 g/mol. The molecule has 7 nitrogen and oxygen atoms in total. The summed E-state index contributed by atoms with van der Waals surface area (Å²) in [6.07, 6.45) is -0.291. The number of allylic oxidation sites excluding steroid dienone is 1. The van der Waals surface area contributed by atoms with Crippen molar-refractivity contribution in [3.05, 3.63) is 70.4 Å². The Kier molecular flexibility index (Phi) is 7.63. The van der Waals surface area contributed by atoms with E-state index in [1.54, 1.807) is 33.1 Å². The fourth-order valence-corrected chi connectivity index (χ4v) is 3.63. The lowest BCUT2D eigenvalue weighted by Gasteiger charge is -2.31. The third-order valence-corrected chi connectivity index (χ3v) is 5.28. The molecule has 176 valence electrons. The van der Waals surface area contributed by atoms with Gasteiger partial charge in [0.2, 0.25) is 0 Å². The van der Waals surface area contributed by atoms with E-state index in [9.17, 15) is 9.59 Å². The Morgan fingerprint density at radius 2 is 1.73 bits per heavy atom. The number of hydrogen-bond donors (Lipinski definition) is 2. The quantitative estimate of drug-likeness (QED) is 0.562. The van der Waals surface area contributed by atoms with Crippen LogP contribution in [0.2, 0.25) is 0 Å². The highest BCUT2D eigenvalue weighted by Crippen LogP contribution is 2.36. The summed E-state index contributed by atoms with van der Waals surface area (Å²) in [5, 5.41) is 5.64. The van der Waals surface area contributed by atoms with E-state index in [0.29, 0.717) is 34.9 Å². The lowest BCUT2D eigenvalue weighted by Crippen LogP contribution is -2.47. The lowest BCUT2D eigenvalue weighted by molar-refractivity contribution is -0.143. The molecule has 0 aromatic heterocycles. The highest BCUT2D eigenvalue weighted by molar-refractivity contribution is 5.95. The number of rotatable bonds is 8. The molecule has 2 aromatic rings. The van der Waals surface area contributed by atoms with Gasteiger partial charge in [0.05, 0.1) is 24.8 Å². The minimum Gasteiger partial charge on any atom is -0.493 e. The predicted octanol–water partition coefficient (Wildman–Crippen LogP) is 4.80. The molecule has 0 saturated carbocycles. The topological polar surface area (TPSA) is 85.9 Å². The Labute approximate surface area is 195 Å². The Balaban J connectivity index is 1.98. The molecule has 0 saturated heterocycles. The first-order chi connectivity index (χ1) is 15.7. The van der Waals surface area contributed by atoms with Crippen LogP contribution in [0.1, 0.15) is 50.4 Å². The zero-order valence-corrected chi connectivity index (χ0v) is 20.0. The number of nitrogens with one attached hydrogen (secondary N) is 2. The number of ether oxygens (including phenoxy) is 3. The Hall–Kier alpha value is -3.48. The van der Waals surface area contributed by atoms with Gasteiger partial charge in [0.1, 0.15) is 6.61 Å². The lowest BCUT2D eigenvalue weighted by atomic mass is 9.91. The molecule has 2 aromatic carbocycles. The van der Waals surface area contributed by atoms with Gasteiger partial charge in [0, 0.05) is 5.70 Å². The van der Waals surface area contributed by atoms with E-state index in [2.05, 4.69) is 10.6 Å². The highest BCUT2D eigenvalue weighted by atomic mass is 16.5. The fourth-order valence-electron chi connectivity index (χ4n) is 3.63. The van der Waals surface area contributed by atoms with Crippen LogP contribution >= 0.6 is 0 Å². The van der Waals surface area contributed by atoms with Gasteiger partial charge in [-0.3, -0.25) is 0 Å². The van der Waals surface area contributed by atoms with E-state index in [1.165, 1.54) is 5.56 Å². The Bertz CT molecular complexity index is 1040. The third kappa shape index (κ3) is 5.86.